The van der Waals surface area contributed by atoms with Crippen LogP contribution in [0.5, 0.6) is 0 Å². The Hall–Kier alpha value is -1.02. The highest BCUT2D eigenvalue weighted by Crippen LogP contribution is 2.35. The molecule has 0 saturated carbocycles. The second-order valence-corrected chi connectivity index (χ2v) is 4.06. The van der Waals surface area contributed by atoms with Crippen LogP contribution < -0.4 is 10.6 Å². The normalized spacial score (nSPS) is 19.9. The average molecular weight is 190 g/mol. The molecule has 0 aromatic heterocycles. The predicted octanol–water partition coefficient (Wildman–Crippen LogP) is 1.74. The van der Waals surface area contributed by atoms with E-state index in [0.717, 1.165) is 19.5 Å². The SMILES string of the molecule is CCc1ccc2c(c1)C(CN)CN2C. The van der Waals surface area contributed by atoms with Gasteiger partial charge in [0.15, 0.2) is 0 Å². The van der Waals surface area contributed by atoms with Crippen LogP contribution in [0.15, 0.2) is 18.2 Å². The minimum absolute atomic E-state index is 0.529. The Morgan fingerprint density at radius 1 is 1.50 bits per heavy atom. The molecule has 1 heterocycles. The molecule has 1 atom stereocenters. The number of anilines is 1. The van der Waals surface area contributed by atoms with Gasteiger partial charge >= 0.3 is 0 Å². The van der Waals surface area contributed by atoms with Crippen LogP contribution in [0.1, 0.15) is 24.0 Å². The molecule has 1 aliphatic rings. The zero-order chi connectivity index (χ0) is 10.1. The van der Waals surface area contributed by atoms with Gasteiger partial charge in [0.25, 0.3) is 0 Å². The number of aryl methyl sites for hydroxylation is 1. The minimum atomic E-state index is 0.529. The average Bonchev–Trinajstić information content (AvgIpc) is 2.55. The van der Waals surface area contributed by atoms with Gasteiger partial charge < -0.3 is 10.6 Å². The van der Waals surface area contributed by atoms with Crippen molar-refractivity contribution in [3.05, 3.63) is 29.3 Å². The number of hydrogen-bond donors (Lipinski definition) is 1. The summed E-state index contributed by atoms with van der Waals surface area (Å²) in [5.41, 5.74) is 9.99. The molecule has 1 aromatic rings. The lowest BCUT2D eigenvalue weighted by Crippen LogP contribution is -2.20. The van der Waals surface area contributed by atoms with E-state index in [-0.39, 0.29) is 0 Å². The van der Waals surface area contributed by atoms with Gasteiger partial charge in [-0.15, -0.1) is 0 Å². The molecular formula is C12H18N2. The fourth-order valence-corrected chi connectivity index (χ4v) is 2.23. The maximum absolute atomic E-state index is 5.78. The monoisotopic (exact) mass is 190 g/mol. The van der Waals surface area contributed by atoms with Crippen LogP contribution in [0, 0.1) is 0 Å². The standard InChI is InChI=1S/C12H18N2/c1-3-9-4-5-12-11(6-9)10(7-13)8-14(12)2/h4-6,10H,3,7-8,13H2,1-2H3. The highest BCUT2D eigenvalue weighted by molar-refractivity contribution is 5.60. The largest absolute Gasteiger partial charge is 0.374 e. The molecule has 2 N–H and O–H groups in total. The van der Waals surface area contributed by atoms with Crippen molar-refractivity contribution in [3.8, 4) is 0 Å². The van der Waals surface area contributed by atoms with Crippen molar-refractivity contribution in [2.45, 2.75) is 19.3 Å². The zero-order valence-corrected chi connectivity index (χ0v) is 8.96. The summed E-state index contributed by atoms with van der Waals surface area (Å²) in [5.74, 6) is 0.529. The predicted molar refractivity (Wildman–Crippen MR) is 60.9 cm³/mol. The maximum Gasteiger partial charge on any atom is 0.0400 e. The first-order valence-electron chi connectivity index (χ1n) is 5.30. The molecule has 0 bridgehead atoms. The second-order valence-electron chi connectivity index (χ2n) is 4.06. The lowest BCUT2D eigenvalue weighted by Gasteiger charge is -2.11. The molecule has 1 aliphatic heterocycles. The third kappa shape index (κ3) is 1.40. The number of rotatable bonds is 2. The minimum Gasteiger partial charge on any atom is -0.374 e. The summed E-state index contributed by atoms with van der Waals surface area (Å²) in [6, 6.07) is 6.76. The number of fused-ring (bicyclic) bond motifs is 1. The zero-order valence-electron chi connectivity index (χ0n) is 8.96. The smallest absolute Gasteiger partial charge is 0.0400 e. The van der Waals surface area contributed by atoms with Gasteiger partial charge in [0, 0.05) is 31.7 Å². The molecule has 0 amide bonds. The summed E-state index contributed by atoms with van der Waals surface area (Å²) in [4.78, 5) is 2.30. The van der Waals surface area contributed by atoms with E-state index in [9.17, 15) is 0 Å². The molecule has 0 spiro atoms. The first-order valence-corrected chi connectivity index (χ1v) is 5.30. The number of likely N-dealkylation sites (N-methyl/N-ethyl adjacent to an activating group) is 1. The molecule has 2 heteroatoms. The van der Waals surface area contributed by atoms with Crippen molar-refractivity contribution < 1.29 is 0 Å². The maximum atomic E-state index is 5.78. The molecular weight excluding hydrogens is 172 g/mol. The summed E-state index contributed by atoms with van der Waals surface area (Å²) >= 11 is 0. The second kappa shape index (κ2) is 3.62. The summed E-state index contributed by atoms with van der Waals surface area (Å²) in [7, 11) is 2.14. The van der Waals surface area contributed by atoms with Crippen molar-refractivity contribution in [2.75, 3.05) is 25.0 Å². The van der Waals surface area contributed by atoms with Gasteiger partial charge in [-0.25, -0.2) is 0 Å². The van der Waals surface area contributed by atoms with E-state index >= 15 is 0 Å². The van der Waals surface area contributed by atoms with E-state index in [1.54, 1.807) is 0 Å². The third-order valence-corrected chi connectivity index (χ3v) is 3.13. The first kappa shape index (κ1) is 9.53. The fraction of sp³-hybridized carbons (Fsp3) is 0.500. The van der Waals surface area contributed by atoms with Gasteiger partial charge in [-0.2, -0.15) is 0 Å². The van der Waals surface area contributed by atoms with E-state index in [1.165, 1.54) is 16.8 Å². The van der Waals surface area contributed by atoms with Gasteiger partial charge in [0.1, 0.15) is 0 Å². The van der Waals surface area contributed by atoms with Gasteiger partial charge in [-0.1, -0.05) is 19.1 Å². The first-order chi connectivity index (χ1) is 6.76. The van der Waals surface area contributed by atoms with E-state index in [4.69, 9.17) is 5.73 Å². The van der Waals surface area contributed by atoms with Gasteiger partial charge in [-0.05, 0) is 23.6 Å². The van der Waals surface area contributed by atoms with Crippen LogP contribution >= 0.6 is 0 Å². The summed E-state index contributed by atoms with van der Waals surface area (Å²) in [5, 5.41) is 0. The molecule has 0 fully saturated rings. The van der Waals surface area contributed by atoms with Crippen LogP contribution in [-0.2, 0) is 6.42 Å². The Morgan fingerprint density at radius 3 is 2.93 bits per heavy atom. The van der Waals surface area contributed by atoms with E-state index in [1.807, 2.05) is 0 Å². The van der Waals surface area contributed by atoms with Crippen LogP contribution in [0.4, 0.5) is 5.69 Å². The third-order valence-electron chi connectivity index (χ3n) is 3.13. The Morgan fingerprint density at radius 2 is 2.29 bits per heavy atom. The van der Waals surface area contributed by atoms with Crippen LogP contribution in [0.2, 0.25) is 0 Å². The molecule has 1 aromatic carbocycles. The Balaban J connectivity index is 2.42. The molecule has 0 aliphatic carbocycles. The molecule has 2 nitrogen and oxygen atoms in total. The molecule has 1 unspecified atom stereocenters. The van der Waals surface area contributed by atoms with Crippen molar-refractivity contribution >= 4 is 5.69 Å². The lowest BCUT2D eigenvalue weighted by molar-refractivity contribution is 0.729. The van der Waals surface area contributed by atoms with Gasteiger partial charge in [0.2, 0.25) is 0 Å². The van der Waals surface area contributed by atoms with E-state index in [2.05, 4.69) is 37.1 Å². The summed E-state index contributed by atoms with van der Waals surface area (Å²) in [6.07, 6.45) is 1.11. The number of nitrogens with two attached hydrogens (primary N) is 1. The number of benzene rings is 1. The number of hydrogen-bond acceptors (Lipinski definition) is 2. The van der Waals surface area contributed by atoms with Crippen LogP contribution in [0.3, 0.4) is 0 Å². The van der Waals surface area contributed by atoms with Crippen LogP contribution in [0.25, 0.3) is 0 Å². The highest BCUT2D eigenvalue weighted by atomic mass is 15.1. The topological polar surface area (TPSA) is 29.3 Å². The number of nitrogens with zero attached hydrogens (tertiary/aromatic N) is 1. The van der Waals surface area contributed by atoms with E-state index < -0.39 is 0 Å². The fourth-order valence-electron chi connectivity index (χ4n) is 2.23. The molecule has 0 saturated heterocycles. The molecule has 76 valence electrons. The van der Waals surface area contributed by atoms with Crippen LogP contribution in [-0.4, -0.2) is 20.1 Å². The van der Waals surface area contributed by atoms with Crippen molar-refractivity contribution in [3.63, 3.8) is 0 Å². The quantitative estimate of drug-likeness (QED) is 0.769. The Labute approximate surface area is 85.7 Å². The molecule has 14 heavy (non-hydrogen) atoms. The summed E-state index contributed by atoms with van der Waals surface area (Å²) < 4.78 is 0. The highest BCUT2D eigenvalue weighted by Gasteiger charge is 2.24. The van der Waals surface area contributed by atoms with E-state index in [0.29, 0.717) is 5.92 Å². The molecule has 0 radical (unpaired) electrons. The Kier molecular flexibility index (Phi) is 2.46. The van der Waals surface area contributed by atoms with Gasteiger partial charge in [0.05, 0.1) is 0 Å². The Bertz CT molecular complexity index is 333. The van der Waals surface area contributed by atoms with Crippen molar-refractivity contribution in [2.24, 2.45) is 5.73 Å². The molecule has 2 rings (SSSR count). The van der Waals surface area contributed by atoms with Crippen molar-refractivity contribution in [1.29, 1.82) is 0 Å². The summed E-state index contributed by atoms with van der Waals surface area (Å²) in [6.45, 7) is 4.02. The van der Waals surface area contributed by atoms with Gasteiger partial charge in [-0.3, -0.25) is 0 Å². The van der Waals surface area contributed by atoms with Crippen molar-refractivity contribution in [1.82, 2.24) is 0 Å². The lowest BCUT2D eigenvalue weighted by atomic mass is 9.98.